The Hall–Kier alpha value is -0.570. The van der Waals surface area contributed by atoms with E-state index in [0.29, 0.717) is 12.8 Å². The van der Waals surface area contributed by atoms with Gasteiger partial charge in [-0.15, -0.1) is 0 Å². The Morgan fingerprint density at radius 3 is 1.76 bits per heavy atom. The highest BCUT2D eigenvalue weighted by Gasteiger charge is 2.35. The smallest absolute Gasteiger partial charge is 0.240 e. The van der Waals surface area contributed by atoms with Crippen LogP contribution in [0.25, 0.3) is 0 Å². The molecule has 0 saturated carbocycles. The van der Waals surface area contributed by atoms with Gasteiger partial charge in [-0.05, 0) is 38.5 Å². The summed E-state index contributed by atoms with van der Waals surface area (Å²) in [6.07, 6.45) is 2.26. The van der Waals surface area contributed by atoms with Crippen LogP contribution in [0.3, 0.4) is 0 Å². The summed E-state index contributed by atoms with van der Waals surface area (Å²) in [5.41, 5.74) is 5.34. The Morgan fingerprint density at radius 1 is 1.06 bits per heavy atom. The Balaban J connectivity index is 4.67. The van der Waals surface area contributed by atoms with E-state index in [-0.39, 0.29) is 16.9 Å². The largest absolute Gasteiger partial charge is 0.350 e. The highest BCUT2D eigenvalue weighted by atomic mass is 16.2. The van der Waals surface area contributed by atoms with Crippen LogP contribution < -0.4 is 11.1 Å². The molecule has 0 aliphatic heterocycles. The summed E-state index contributed by atoms with van der Waals surface area (Å²) in [6, 6.07) is 0. The van der Waals surface area contributed by atoms with Crippen molar-refractivity contribution in [2.75, 3.05) is 0 Å². The summed E-state index contributed by atoms with van der Waals surface area (Å²) < 4.78 is 0. The van der Waals surface area contributed by atoms with Gasteiger partial charge >= 0.3 is 0 Å². The van der Waals surface area contributed by atoms with Crippen molar-refractivity contribution < 1.29 is 4.79 Å². The third-order valence-corrected chi connectivity index (χ3v) is 3.14. The maximum atomic E-state index is 12.2. The van der Waals surface area contributed by atoms with Crippen molar-refractivity contribution in [3.63, 3.8) is 0 Å². The van der Waals surface area contributed by atoms with Gasteiger partial charge in [-0.1, -0.05) is 34.6 Å². The lowest BCUT2D eigenvalue weighted by Crippen LogP contribution is -2.58. The van der Waals surface area contributed by atoms with E-state index < -0.39 is 5.54 Å². The Labute approximate surface area is 107 Å². The monoisotopic (exact) mass is 242 g/mol. The zero-order chi connectivity index (χ0) is 13.9. The molecule has 0 bridgehead atoms. The Kier molecular flexibility index (Phi) is 5.20. The molecule has 0 aliphatic rings. The van der Waals surface area contributed by atoms with E-state index in [0.717, 1.165) is 6.42 Å². The van der Waals surface area contributed by atoms with E-state index in [1.54, 1.807) is 0 Å². The Morgan fingerprint density at radius 2 is 1.47 bits per heavy atom. The molecule has 0 saturated heterocycles. The highest BCUT2D eigenvalue weighted by Crippen LogP contribution is 2.27. The van der Waals surface area contributed by atoms with Crippen LogP contribution >= 0.6 is 0 Å². The molecular weight excluding hydrogens is 212 g/mol. The molecule has 102 valence electrons. The standard InChI is InChI=1S/C14H30N2O/c1-8-14(15,9-2)11(17)16-13(6,7)10-12(3,4)5/h8-10,15H2,1-7H3,(H,16,17). The number of hydrogen-bond donors (Lipinski definition) is 2. The van der Waals surface area contributed by atoms with Crippen LogP contribution in [-0.2, 0) is 4.79 Å². The van der Waals surface area contributed by atoms with Crippen molar-refractivity contribution in [3.8, 4) is 0 Å². The first-order valence-electron chi connectivity index (χ1n) is 6.57. The van der Waals surface area contributed by atoms with Crippen LogP contribution in [0.5, 0.6) is 0 Å². The summed E-state index contributed by atoms with van der Waals surface area (Å²) in [5.74, 6) is -0.0308. The first kappa shape index (κ1) is 16.4. The van der Waals surface area contributed by atoms with E-state index >= 15 is 0 Å². The highest BCUT2D eigenvalue weighted by molar-refractivity contribution is 5.86. The van der Waals surface area contributed by atoms with Crippen LogP contribution in [0, 0.1) is 5.41 Å². The van der Waals surface area contributed by atoms with Crippen molar-refractivity contribution in [2.24, 2.45) is 11.1 Å². The molecule has 0 atom stereocenters. The first-order chi connectivity index (χ1) is 7.46. The van der Waals surface area contributed by atoms with Crippen molar-refractivity contribution in [1.29, 1.82) is 0 Å². The fourth-order valence-electron chi connectivity index (χ4n) is 2.37. The second-order valence-corrected chi connectivity index (χ2v) is 6.94. The number of carbonyl (C=O) groups excluding carboxylic acids is 1. The molecule has 0 heterocycles. The zero-order valence-corrected chi connectivity index (χ0v) is 12.6. The molecule has 0 unspecified atom stereocenters. The van der Waals surface area contributed by atoms with Crippen molar-refractivity contribution >= 4 is 5.91 Å². The molecule has 3 N–H and O–H groups in total. The molecule has 0 radical (unpaired) electrons. The summed E-state index contributed by atoms with van der Waals surface area (Å²) in [6.45, 7) is 14.6. The fraction of sp³-hybridized carbons (Fsp3) is 0.929. The van der Waals surface area contributed by atoms with E-state index in [4.69, 9.17) is 5.73 Å². The van der Waals surface area contributed by atoms with Gasteiger partial charge in [0.1, 0.15) is 0 Å². The number of carbonyl (C=O) groups is 1. The number of amides is 1. The quantitative estimate of drug-likeness (QED) is 0.779. The number of nitrogens with one attached hydrogen (secondary N) is 1. The lowest BCUT2D eigenvalue weighted by Gasteiger charge is -2.36. The van der Waals surface area contributed by atoms with Gasteiger partial charge in [0.05, 0.1) is 5.54 Å². The van der Waals surface area contributed by atoms with Gasteiger partial charge < -0.3 is 11.1 Å². The molecule has 3 heteroatoms. The molecule has 0 aromatic carbocycles. The molecule has 17 heavy (non-hydrogen) atoms. The number of rotatable bonds is 5. The maximum Gasteiger partial charge on any atom is 0.240 e. The molecule has 0 aliphatic carbocycles. The van der Waals surface area contributed by atoms with Gasteiger partial charge in [0.2, 0.25) is 5.91 Å². The second kappa shape index (κ2) is 5.38. The molecular formula is C14H30N2O. The van der Waals surface area contributed by atoms with E-state index in [1.807, 2.05) is 13.8 Å². The summed E-state index contributed by atoms with van der Waals surface area (Å²) in [4.78, 5) is 12.2. The third-order valence-electron chi connectivity index (χ3n) is 3.14. The SMILES string of the molecule is CCC(N)(CC)C(=O)NC(C)(C)CC(C)(C)C. The average Bonchev–Trinajstić information content (AvgIpc) is 2.11. The normalized spacial score (nSPS) is 13.6. The van der Waals surface area contributed by atoms with Crippen LogP contribution in [0.4, 0.5) is 0 Å². The summed E-state index contributed by atoms with van der Waals surface area (Å²) in [7, 11) is 0. The van der Waals surface area contributed by atoms with Crippen molar-refractivity contribution in [1.82, 2.24) is 5.32 Å². The minimum atomic E-state index is -0.727. The van der Waals surface area contributed by atoms with Crippen LogP contribution in [-0.4, -0.2) is 17.0 Å². The predicted octanol–water partition coefficient (Wildman–Crippen LogP) is 2.83. The maximum absolute atomic E-state index is 12.2. The fourth-order valence-corrected chi connectivity index (χ4v) is 2.37. The zero-order valence-electron chi connectivity index (χ0n) is 12.6. The summed E-state index contributed by atoms with van der Waals surface area (Å²) in [5, 5.41) is 3.09. The lowest BCUT2D eigenvalue weighted by atomic mass is 9.81. The second-order valence-electron chi connectivity index (χ2n) is 6.94. The number of hydrogen-bond acceptors (Lipinski definition) is 2. The van der Waals surface area contributed by atoms with Crippen LogP contribution in [0.15, 0.2) is 0 Å². The minimum Gasteiger partial charge on any atom is -0.350 e. The van der Waals surface area contributed by atoms with E-state index in [2.05, 4.69) is 39.9 Å². The molecule has 1 amide bonds. The van der Waals surface area contributed by atoms with Crippen LogP contribution in [0.1, 0.15) is 67.7 Å². The molecule has 0 aromatic rings. The summed E-state index contributed by atoms with van der Waals surface area (Å²) >= 11 is 0. The van der Waals surface area contributed by atoms with Gasteiger partial charge in [-0.3, -0.25) is 4.79 Å². The molecule has 0 rings (SSSR count). The third kappa shape index (κ3) is 5.53. The van der Waals surface area contributed by atoms with Gasteiger partial charge in [0.25, 0.3) is 0 Å². The van der Waals surface area contributed by atoms with Gasteiger partial charge in [0, 0.05) is 5.54 Å². The molecule has 0 spiro atoms. The molecule has 3 nitrogen and oxygen atoms in total. The van der Waals surface area contributed by atoms with Gasteiger partial charge in [0.15, 0.2) is 0 Å². The van der Waals surface area contributed by atoms with Gasteiger partial charge in [-0.2, -0.15) is 0 Å². The average molecular weight is 242 g/mol. The number of nitrogens with two attached hydrogens (primary N) is 1. The molecule has 0 fully saturated rings. The minimum absolute atomic E-state index is 0.0308. The van der Waals surface area contributed by atoms with Crippen molar-refractivity contribution in [2.45, 2.75) is 78.8 Å². The molecule has 0 aromatic heterocycles. The van der Waals surface area contributed by atoms with E-state index in [1.165, 1.54) is 0 Å². The topological polar surface area (TPSA) is 55.1 Å². The lowest BCUT2D eigenvalue weighted by molar-refractivity contribution is -0.128. The van der Waals surface area contributed by atoms with Crippen molar-refractivity contribution in [3.05, 3.63) is 0 Å². The first-order valence-corrected chi connectivity index (χ1v) is 6.57. The predicted molar refractivity (Wildman–Crippen MR) is 73.8 cm³/mol. The van der Waals surface area contributed by atoms with E-state index in [9.17, 15) is 4.79 Å². The van der Waals surface area contributed by atoms with Gasteiger partial charge in [-0.25, -0.2) is 0 Å². The Bertz CT molecular complexity index is 260. The van der Waals surface area contributed by atoms with Crippen LogP contribution in [0.2, 0.25) is 0 Å².